The minimum Gasteiger partial charge on any atom is -0.508 e. The Morgan fingerprint density at radius 3 is 2.41 bits per heavy atom. The Labute approximate surface area is 100 Å². The minimum atomic E-state index is 0.239. The molecule has 1 aromatic carbocycles. The molecule has 88 valence electrons. The summed E-state index contributed by atoms with van der Waals surface area (Å²) in [6, 6.07) is 6.96. The molecule has 3 heterocycles. The summed E-state index contributed by atoms with van der Waals surface area (Å²) in [5, 5.41) is 9.22. The lowest BCUT2D eigenvalue weighted by molar-refractivity contribution is -0.125. The molecule has 3 aliphatic rings. The third-order valence-corrected chi connectivity index (χ3v) is 3.66. The lowest BCUT2D eigenvalue weighted by Crippen LogP contribution is -2.45. The van der Waals surface area contributed by atoms with Crippen LogP contribution in [0.25, 0.3) is 6.08 Å². The topological polar surface area (TPSA) is 40.5 Å². The van der Waals surface area contributed by atoms with Gasteiger partial charge >= 0.3 is 0 Å². The van der Waals surface area contributed by atoms with Crippen LogP contribution in [-0.4, -0.2) is 28.9 Å². The highest BCUT2D eigenvalue weighted by atomic mass is 16.3. The van der Waals surface area contributed by atoms with Gasteiger partial charge in [0.05, 0.1) is 5.70 Å². The summed E-state index contributed by atoms with van der Waals surface area (Å²) in [4.78, 5) is 14.3. The molecule has 0 atom stereocenters. The van der Waals surface area contributed by atoms with Gasteiger partial charge in [0.2, 0.25) is 0 Å². The van der Waals surface area contributed by atoms with Crippen LogP contribution in [0.15, 0.2) is 30.0 Å². The van der Waals surface area contributed by atoms with E-state index in [0.29, 0.717) is 0 Å². The average molecular weight is 229 g/mol. The summed E-state index contributed by atoms with van der Waals surface area (Å²) < 4.78 is 0. The number of piperidine rings is 3. The minimum absolute atomic E-state index is 0.239. The van der Waals surface area contributed by atoms with Gasteiger partial charge in [-0.2, -0.15) is 0 Å². The molecule has 3 aliphatic heterocycles. The Morgan fingerprint density at radius 2 is 1.82 bits per heavy atom. The lowest BCUT2D eigenvalue weighted by atomic mass is 9.84. The van der Waals surface area contributed by atoms with Crippen molar-refractivity contribution < 1.29 is 9.90 Å². The monoisotopic (exact) mass is 229 g/mol. The molecule has 0 aliphatic carbocycles. The number of ketones is 1. The lowest BCUT2D eigenvalue weighted by Gasteiger charge is -2.41. The van der Waals surface area contributed by atoms with Crippen LogP contribution in [0.4, 0.5) is 0 Å². The summed E-state index contributed by atoms with van der Waals surface area (Å²) in [5.41, 5.74) is 1.82. The second-order valence-electron chi connectivity index (χ2n) is 4.75. The Kier molecular flexibility index (Phi) is 2.39. The predicted molar refractivity (Wildman–Crippen MR) is 65.4 cm³/mol. The molecule has 3 heteroatoms. The van der Waals surface area contributed by atoms with Crippen molar-refractivity contribution in [3.63, 3.8) is 0 Å². The van der Waals surface area contributed by atoms with Crippen LogP contribution in [0.1, 0.15) is 18.4 Å². The molecule has 1 N–H and O–H groups in total. The fraction of sp³-hybridized carbons (Fsp3) is 0.357. The van der Waals surface area contributed by atoms with Crippen molar-refractivity contribution >= 4 is 11.9 Å². The van der Waals surface area contributed by atoms with Gasteiger partial charge in [0.1, 0.15) is 5.75 Å². The van der Waals surface area contributed by atoms with Crippen LogP contribution >= 0.6 is 0 Å². The van der Waals surface area contributed by atoms with E-state index in [2.05, 4.69) is 4.90 Å². The number of hydrogen-bond donors (Lipinski definition) is 1. The molecule has 3 fully saturated rings. The van der Waals surface area contributed by atoms with Crippen molar-refractivity contribution in [2.45, 2.75) is 12.8 Å². The van der Waals surface area contributed by atoms with Crippen molar-refractivity contribution in [2.75, 3.05) is 13.1 Å². The van der Waals surface area contributed by atoms with Crippen LogP contribution in [0.3, 0.4) is 0 Å². The average Bonchev–Trinajstić information content (AvgIpc) is 2.37. The Hall–Kier alpha value is -1.77. The summed E-state index contributed by atoms with van der Waals surface area (Å²) >= 11 is 0. The summed E-state index contributed by atoms with van der Waals surface area (Å²) in [6.07, 6.45) is 3.95. The number of fused-ring (bicyclic) bond motifs is 3. The standard InChI is InChI=1S/C14H15NO2/c16-12-3-1-10(2-4-12)9-13-14(17)11-5-7-15(13)8-6-11/h1-4,9,11,16H,5-8H2. The maximum atomic E-state index is 12.1. The van der Waals surface area contributed by atoms with E-state index in [1.807, 2.05) is 18.2 Å². The molecule has 3 nitrogen and oxygen atoms in total. The number of carbonyl (C=O) groups excluding carboxylic acids is 1. The smallest absolute Gasteiger partial charge is 0.182 e. The first kappa shape index (κ1) is 10.4. The van der Waals surface area contributed by atoms with Crippen molar-refractivity contribution in [1.29, 1.82) is 0 Å². The van der Waals surface area contributed by atoms with Crippen LogP contribution < -0.4 is 0 Å². The molecule has 0 radical (unpaired) electrons. The van der Waals surface area contributed by atoms with Crippen LogP contribution in [0.2, 0.25) is 0 Å². The second kappa shape index (κ2) is 3.91. The number of nitrogens with zero attached hydrogens (tertiary/aromatic N) is 1. The van der Waals surface area contributed by atoms with E-state index < -0.39 is 0 Å². The van der Waals surface area contributed by atoms with Gasteiger partial charge < -0.3 is 10.0 Å². The van der Waals surface area contributed by atoms with Crippen LogP contribution in [0.5, 0.6) is 5.75 Å². The van der Waals surface area contributed by atoms with Gasteiger partial charge in [-0.25, -0.2) is 0 Å². The van der Waals surface area contributed by atoms with Crippen LogP contribution in [-0.2, 0) is 4.79 Å². The molecule has 1 aromatic rings. The van der Waals surface area contributed by atoms with Crippen molar-refractivity contribution in [1.82, 2.24) is 4.90 Å². The maximum Gasteiger partial charge on any atom is 0.182 e. The van der Waals surface area contributed by atoms with Gasteiger partial charge in [0.25, 0.3) is 0 Å². The van der Waals surface area contributed by atoms with Gasteiger partial charge in [0, 0.05) is 19.0 Å². The van der Waals surface area contributed by atoms with Crippen molar-refractivity contribution in [3.8, 4) is 5.75 Å². The Bertz CT molecular complexity index is 468. The van der Waals surface area contributed by atoms with Gasteiger partial charge in [-0.1, -0.05) is 12.1 Å². The molecule has 0 spiro atoms. The Morgan fingerprint density at radius 1 is 1.18 bits per heavy atom. The number of phenolic OH excluding ortho intramolecular Hbond substituents is 1. The number of hydrogen-bond acceptors (Lipinski definition) is 3. The van der Waals surface area contributed by atoms with Gasteiger partial charge in [0.15, 0.2) is 5.78 Å². The highest BCUT2D eigenvalue weighted by Gasteiger charge is 2.36. The zero-order valence-electron chi connectivity index (χ0n) is 9.60. The molecule has 4 rings (SSSR count). The van der Waals surface area contributed by atoms with Crippen molar-refractivity contribution in [2.24, 2.45) is 5.92 Å². The number of phenols is 1. The van der Waals surface area contributed by atoms with E-state index in [0.717, 1.165) is 37.2 Å². The van der Waals surface area contributed by atoms with Gasteiger partial charge in [-0.15, -0.1) is 0 Å². The number of rotatable bonds is 1. The number of Topliss-reactive ketones (excluding diaryl/α,β-unsaturated/α-hetero) is 1. The van der Waals surface area contributed by atoms with E-state index in [9.17, 15) is 9.90 Å². The normalized spacial score (nSPS) is 22.5. The van der Waals surface area contributed by atoms with E-state index in [4.69, 9.17) is 0 Å². The molecular formula is C14H15NO2. The van der Waals surface area contributed by atoms with Gasteiger partial charge in [-0.3, -0.25) is 4.79 Å². The predicted octanol–water partition coefficient (Wildman–Crippen LogP) is 2.03. The molecule has 0 unspecified atom stereocenters. The van der Waals surface area contributed by atoms with E-state index in [-0.39, 0.29) is 17.5 Å². The zero-order chi connectivity index (χ0) is 11.8. The van der Waals surface area contributed by atoms with E-state index in [1.165, 1.54) is 0 Å². The third kappa shape index (κ3) is 1.82. The highest BCUT2D eigenvalue weighted by molar-refractivity contribution is 6.01. The molecule has 17 heavy (non-hydrogen) atoms. The largest absolute Gasteiger partial charge is 0.508 e. The fourth-order valence-electron chi connectivity index (χ4n) is 2.64. The molecule has 0 saturated carbocycles. The van der Waals surface area contributed by atoms with E-state index in [1.54, 1.807) is 12.1 Å². The van der Waals surface area contributed by atoms with E-state index >= 15 is 0 Å². The number of aromatic hydroxyl groups is 1. The van der Waals surface area contributed by atoms with Crippen molar-refractivity contribution in [3.05, 3.63) is 35.5 Å². The number of carbonyl (C=O) groups is 1. The quantitative estimate of drug-likeness (QED) is 0.749. The highest BCUT2D eigenvalue weighted by Crippen LogP contribution is 2.32. The van der Waals surface area contributed by atoms with Gasteiger partial charge in [-0.05, 0) is 36.6 Å². The first-order valence-electron chi connectivity index (χ1n) is 6.04. The SMILES string of the molecule is O=C1C(=Cc2ccc(O)cc2)N2CCC1CC2. The second-order valence-corrected chi connectivity index (χ2v) is 4.75. The fourth-order valence-corrected chi connectivity index (χ4v) is 2.64. The third-order valence-electron chi connectivity index (χ3n) is 3.66. The molecule has 0 aromatic heterocycles. The zero-order valence-corrected chi connectivity index (χ0v) is 9.60. The maximum absolute atomic E-state index is 12.1. The molecule has 0 amide bonds. The Balaban J connectivity index is 1.93. The molecule has 2 bridgehead atoms. The van der Waals surface area contributed by atoms with Crippen LogP contribution in [0, 0.1) is 5.92 Å². The summed E-state index contributed by atoms with van der Waals surface area (Å²) in [7, 11) is 0. The number of benzene rings is 1. The molecular weight excluding hydrogens is 214 g/mol. The number of allylic oxidation sites excluding steroid dienone is 1. The summed E-state index contributed by atoms with van der Waals surface area (Å²) in [6.45, 7) is 2.00. The first-order valence-corrected chi connectivity index (χ1v) is 6.04. The first-order chi connectivity index (χ1) is 8.24. The molecule has 3 saturated heterocycles. The summed E-state index contributed by atoms with van der Waals surface area (Å²) in [5.74, 6) is 0.780.